The molecule has 2 heterocycles. The molecule has 1 atom stereocenters. The van der Waals surface area contributed by atoms with E-state index >= 15 is 0 Å². The van der Waals surface area contributed by atoms with Crippen molar-refractivity contribution in [1.29, 1.82) is 0 Å². The minimum atomic E-state index is -2.79. The van der Waals surface area contributed by atoms with E-state index in [9.17, 15) is 8.42 Å². The molecule has 0 saturated carbocycles. The van der Waals surface area contributed by atoms with E-state index in [2.05, 4.69) is 41.4 Å². The number of aryl methyl sites for hydroxylation is 1. The summed E-state index contributed by atoms with van der Waals surface area (Å²) in [4.78, 5) is 3.61. The van der Waals surface area contributed by atoms with Gasteiger partial charge in [-0.3, -0.25) is 0 Å². The molecule has 0 radical (unpaired) electrons. The number of sulfone groups is 1. The Balaban J connectivity index is 1.49. The zero-order valence-corrected chi connectivity index (χ0v) is 15.8. The number of thiocarbonyl (C=S) groups is 1. The molecule has 1 aromatic rings. The second-order valence-electron chi connectivity index (χ2n) is 6.73. The van der Waals surface area contributed by atoms with E-state index in [1.54, 1.807) is 0 Å². The molecule has 3 rings (SSSR count). The zero-order valence-electron chi connectivity index (χ0n) is 14.1. The van der Waals surface area contributed by atoms with Crippen molar-refractivity contribution in [3.8, 4) is 0 Å². The maximum Gasteiger partial charge on any atom is 0.173 e. The fourth-order valence-corrected chi connectivity index (χ4v) is 5.67. The molecule has 0 amide bonds. The van der Waals surface area contributed by atoms with E-state index in [4.69, 9.17) is 12.2 Å². The Bertz CT molecular complexity index is 680. The van der Waals surface area contributed by atoms with Crippen LogP contribution in [0.1, 0.15) is 18.9 Å². The lowest BCUT2D eigenvalue weighted by atomic mass is 10.1. The van der Waals surface area contributed by atoms with Gasteiger partial charge in [-0.2, -0.15) is 0 Å². The lowest BCUT2D eigenvalue weighted by Gasteiger charge is -2.36. The number of nitrogens with zero attached hydrogens (tertiary/aromatic N) is 1. The average molecular weight is 369 g/mol. The van der Waals surface area contributed by atoms with Gasteiger partial charge in [0.25, 0.3) is 0 Å². The molecule has 7 heteroatoms. The number of hydrogen-bond acceptors (Lipinski definition) is 3. The molecule has 0 unspecified atom stereocenters. The van der Waals surface area contributed by atoms with Crippen molar-refractivity contribution in [2.75, 3.05) is 43.0 Å². The molecule has 2 N–H and O–H groups in total. The number of hydrogen-bond donors (Lipinski definition) is 2. The lowest BCUT2D eigenvalue weighted by molar-refractivity contribution is -0.925. The van der Waals surface area contributed by atoms with Crippen LogP contribution < -0.4 is 10.2 Å². The topological polar surface area (TPSA) is 53.9 Å². The Kier molecular flexibility index (Phi) is 5.42. The van der Waals surface area contributed by atoms with E-state index in [1.165, 1.54) is 10.5 Å². The van der Waals surface area contributed by atoms with Crippen LogP contribution in [0.2, 0.25) is 0 Å². The van der Waals surface area contributed by atoms with Crippen molar-refractivity contribution in [3.63, 3.8) is 0 Å². The maximum absolute atomic E-state index is 11.7. The summed E-state index contributed by atoms with van der Waals surface area (Å²) in [7, 11) is -2.79. The molecule has 2 fully saturated rings. The normalized spacial score (nSPS) is 24.0. The van der Waals surface area contributed by atoms with Crippen molar-refractivity contribution in [1.82, 2.24) is 4.90 Å². The van der Waals surface area contributed by atoms with Crippen LogP contribution in [-0.2, 0) is 16.3 Å². The smallest absolute Gasteiger partial charge is 0.173 e. The third-order valence-corrected chi connectivity index (χ3v) is 7.24. The monoisotopic (exact) mass is 368 g/mol. The molecule has 2 aliphatic rings. The quantitative estimate of drug-likeness (QED) is 0.754. The number of nitrogens with one attached hydrogen (secondary N) is 2. The van der Waals surface area contributed by atoms with Crippen LogP contribution in [0.3, 0.4) is 0 Å². The fraction of sp³-hybridized carbons (Fsp3) is 0.588. The first-order valence-corrected chi connectivity index (χ1v) is 10.9. The Labute approximate surface area is 149 Å². The second-order valence-corrected chi connectivity index (χ2v) is 9.34. The Morgan fingerprint density at radius 3 is 2.50 bits per heavy atom. The van der Waals surface area contributed by atoms with Crippen molar-refractivity contribution >= 4 is 32.9 Å². The predicted octanol–water partition coefficient (Wildman–Crippen LogP) is 0.333. The van der Waals surface area contributed by atoms with Crippen LogP contribution in [0.25, 0.3) is 0 Å². The molecule has 0 aliphatic carbocycles. The highest BCUT2D eigenvalue weighted by atomic mass is 32.2. The molecule has 1 aromatic carbocycles. The molecule has 5 nitrogen and oxygen atoms in total. The van der Waals surface area contributed by atoms with Gasteiger partial charge in [0.15, 0.2) is 14.9 Å². The summed E-state index contributed by atoms with van der Waals surface area (Å²) in [5.41, 5.74) is 2.34. The van der Waals surface area contributed by atoms with E-state index in [1.807, 2.05) is 0 Å². The van der Waals surface area contributed by atoms with Crippen LogP contribution >= 0.6 is 12.2 Å². The summed E-state index contributed by atoms with van der Waals surface area (Å²) in [6, 6.07) is 8.65. The van der Waals surface area contributed by atoms with Crippen LogP contribution in [0, 0.1) is 0 Å². The average Bonchev–Trinajstić information content (AvgIpc) is 2.95. The van der Waals surface area contributed by atoms with Gasteiger partial charge in [0.2, 0.25) is 0 Å². The Hall–Kier alpha value is -1.18. The molecule has 2 aliphatic heterocycles. The first-order chi connectivity index (χ1) is 11.5. The number of piperazine rings is 1. The van der Waals surface area contributed by atoms with Gasteiger partial charge in [0, 0.05) is 12.1 Å². The largest absolute Gasteiger partial charge is 0.338 e. The Morgan fingerprint density at radius 2 is 1.96 bits per heavy atom. The molecule has 24 heavy (non-hydrogen) atoms. The lowest BCUT2D eigenvalue weighted by Crippen LogP contribution is -3.18. The SMILES string of the molecule is CCc1ccc(NC(=S)N2CC[NH+]([C@@H]3CCS(=O)(=O)C3)CC2)cc1. The first kappa shape index (κ1) is 17.6. The van der Waals surface area contributed by atoms with Crippen LogP contribution in [0.4, 0.5) is 5.69 Å². The molecule has 0 aromatic heterocycles. The second kappa shape index (κ2) is 7.37. The Morgan fingerprint density at radius 1 is 1.29 bits per heavy atom. The number of benzene rings is 1. The fourth-order valence-electron chi connectivity index (χ4n) is 3.55. The molecule has 132 valence electrons. The highest BCUT2D eigenvalue weighted by molar-refractivity contribution is 7.91. The number of anilines is 1. The van der Waals surface area contributed by atoms with E-state index in [0.29, 0.717) is 11.5 Å². The maximum atomic E-state index is 11.7. The molecule has 0 bridgehead atoms. The predicted molar refractivity (Wildman–Crippen MR) is 101 cm³/mol. The minimum absolute atomic E-state index is 0.278. The van der Waals surface area contributed by atoms with Crippen molar-refractivity contribution in [3.05, 3.63) is 29.8 Å². The molecule has 2 saturated heterocycles. The van der Waals surface area contributed by atoms with Gasteiger partial charge in [-0.05, 0) is 36.3 Å². The van der Waals surface area contributed by atoms with Crippen LogP contribution in [0.15, 0.2) is 24.3 Å². The number of rotatable bonds is 3. The summed E-state index contributed by atoms with van der Waals surface area (Å²) in [5.74, 6) is 0.716. The van der Waals surface area contributed by atoms with Gasteiger partial charge in [0.1, 0.15) is 11.8 Å². The van der Waals surface area contributed by atoms with E-state index in [0.717, 1.165) is 49.8 Å². The third-order valence-electron chi connectivity index (χ3n) is 5.12. The summed E-state index contributed by atoms with van der Waals surface area (Å²) in [6.07, 6.45) is 1.84. The van der Waals surface area contributed by atoms with Gasteiger partial charge in [-0.25, -0.2) is 8.42 Å². The van der Waals surface area contributed by atoms with Gasteiger partial charge < -0.3 is 15.1 Å². The summed E-state index contributed by atoms with van der Waals surface area (Å²) < 4.78 is 23.3. The van der Waals surface area contributed by atoms with Gasteiger partial charge >= 0.3 is 0 Å². The van der Waals surface area contributed by atoms with Gasteiger partial charge in [-0.1, -0.05) is 19.1 Å². The summed E-state index contributed by atoms with van der Waals surface area (Å²) in [5, 5.41) is 4.07. The molecular weight excluding hydrogens is 342 g/mol. The van der Waals surface area contributed by atoms with Gasteiger partial charge in [-0.15, -0.1) is 0 Å². The summed E-state index contributed by atoms with van der Waals surface area (Å²) in [6.45, 7) is 5.81. The summed E-state index contributed by atoms with van der Waals surface area (Å²) >= 11 is 5.54. The van der Waals surface area contributed by atoms with E-state index in [-0.39, 0.29) is 6.04 Å². The third kappa shape index (κ3) is 4.26. The highest BCUT2D eigenvalue weighted by Crippen LogP contribution is 2.12. The van der Waals surface area contributed by atoms with Crippen molar-refractivity contribution in [2.24, 2.45) is 0 Å². The number of quaternary nitrogens is 1. The van der Waals surface area contributed by atoms with Gasteiger partial charge in [0.05, 0.1) is 31.9 Å². The first-order valence-electron chi connectivity index (χ1n) is 8.67. The highest BCUT2D eigenvalue weighted by Gasteiger charge is 2.37. The standard InChI is InChI=1S/C17H25N3O2S2/c1-2-14-3-5-15(6-4-14)18-17(23)20-10-8-19(9-11-20)16-7-12-24(21,22)13-16/h3-6,16H,2,7-13H2,1H3,(H,18,23)/p+1/t16-/m1/s1. The zero-order chi connectivity index (χ0) is 17.2. The van der Waals surface area contributed by atoms with Crippen LogP contribution in [0.5, 0.6) is 0 Å². The molecular formula is C17H26N3O2S2+. The van der Waals surface area contributed by atoms with Crippen LogP contribution in [-0.4, -0.2) is 62.2 Å². The molecule has 0 spiro atoms. The van der Waals surface area contributed by atoms with E-state index < -0.39 is 9.84 Å². The van der Waals surface area contributed by atoms with Crippen molar-refractivity contribution in [2.45, 2.75) is 25.8 Å². The minimum Gasteiger partial charge on any atom is -0.338 e. The van der Waals surface area contributed by atoms with Crippen molar-refractivity contribution < 1.29 is 13.3 Å².